The molecule has 2 heterocycles. The van der Waals surface area contributed by atoms with Crippen molar-refractivity contribution in [3.63, 3.8) is 0 Å². The Bertz CT molecular complexity index is 3240. The highest BCUT2D eigenvalue weighted by atomic mass is 16.3. The first-order chi connectivity index (χ1) is 46.7. The molecule has 11 atom stereocenters. The van der Waals surface area contributed by atoms with Crippen molar-refractivity contribution in [2.45, 2.75) is 199 Å². The predicted molar refractivity (Wildman–Crippen MR) is 376 cm³/mol. The lowest BCUT2D eigenvalue weighted by atomic mass is 9.97. The van der Waals surface area contributed by atoms with Crippen LogP contribution in [0.4, 0.5) is 0 Å². The second kappa shape index (κ2) is 38.0. The van der Waals surface area contributed by atoms with Crippen LogP contribution in [0.2, 0.25) is 0 Å². The zero-order valence-corrected chi connectivity index (χ0v) is 61.1. The molecule has 25 nitrogen and oxygen atoms in total. The van der Waals surface area contributed by atoms with Crippen molar-refractivity contribution in [2.24, 2.45) is 17.8 Å². The number of aliphatic hydroxyl groups is 1. The lowest BCUT2D eigenvalue weighted by molar-refractivity contribution is -0.151. The molecule has 5 N–H and O–H groups in total. The molecule has 0 bridgehead atoms. The van der Waals surface area contributed by atoms with E-state index in [1.165, 1.54) is 89.7 Å². The summed E-state index contributed by atoms with van der Waals surface area (Å²) in [6.45, 7) is 15.0. The summed E-state index contributed by atoms with van der Waals surface area (Å²) in [7, 11) is 9.73. The van der Waals surface area contributed by atoms with Crippen LogP contribution in [-0.4, -0.2) is 251 Å². The summed E-state index contributed by atoms with van der Waals surface area (Å²) in [6, 6.07) is 13.9. The van der Waals surface area contributed by atoms with E-state index < -0.39 is 156 Å². The van der Waals surface area contributed by atoms with Crippen LogP contribution in [-0.2, 0) is 76.8 Å². The standard InChI is InChI=1S/C74H110N12O13/c1-46(2)40-57-67(92)77-56(71(96)86-38-27-20-28-39-86)44-61(88)80(11)50(8)65(90)76-55(37-29-36-52-30-21-17-22-31-52)70(95)84(15)59(41-47(3)4)72(97)82(13)58(42-53-32-23-18-24-33-53)66(91)75-49(7)69(94)83(14)60(43-54-34-25-19-26-35-54)73(98)85(16)64(48(5)6)68(93)78-63(51(9)87)74(99)79(10)45-62(89)81(57)12/h17-19,21-26,30-35,46-51,55-60,63-64,87H,20,27-29,36-45H2,1-16H3,(H,75,91)(H,76,90)(H,77,92)(H,78,93)/t49-,50-,51+,55-,56-,57-,58-,59-,60-,63-,64-/m0/s1. The maximum Gasteiger partial charge on any atom is 0.248 e. The zero-order chi connectivity index (χ0) is 73.7. The van der Waals surface area contributed by atoms with Gasteiger partial charge in [-0.3, -0.25) is 57.5 Å². The van der Waals surface area contributed by atoms with Gasteiger partial charge in [0.1, 0.15) is 60.4 Å². The lowest BCUT2D eigenvalue weighted by Gasteiger charge is -2.38. The average molecular weight is 1380 g/mol. The Kier molecular flexibility index (Phi) is 31.1. The summed E-state index contributed by atoms with van der Waals surface area (Å²) in [4.78, 5) is 188. The number of hydrogen-bond donors (Lipinski definition) is 5. The third kappa shape index (κ3) is 22.6. The molecule has 2 aliphatic rings. The van der Waals surface area contributed by atoms with Gasteiger partial charge in [-0.25, -0.2) is 0 Å². The van der Waals surface area contributed by atoms with E-state index in [2.05, 4.69) is 21.3 Å². The van der Waals surface area contributed by atoms with Crippen molar-refractivity contribution in [1.29, 1.82) is 0 Å². The van der Waals surface area contributed by atoms with Crippen LogP contribution < -0.4 is 21.3 Å². The number of aliphatic hydroxyl groups excluding tert-OH is 1. The summed E-state index contributed by atoms with van der Waals surface area (Å²) in [6.07, 6.45) is 1.16. The fourth-order valence-corrected chi connectivity index (χ4v) is 12.8. The van der Waals surface area contributed by atoms with Gasteiger partial charge in [-0.05, 0) is 107 Å². The van der Waals surface area contributed by atoms with Crippen LogP contribution in [0.1, 0.15) is 130 Å². The van der Waals surface area contributed by atoms with Gasteiger partial charge < -0.3 is 65.6 Å². The van der Waals surface area contributed by atoms with E-state index in [0.29, 0.717) is 49.9 Å². The van der Waals surface area contributed by atoms with E-state index in [0.717, 1.165) is 26.7 Å². The molecule has 0 saturated carbocycles. The normalized spacial score (nSPS) is 25.1. The molecule has 0 spiro atoms. The summed E-state index contributed by atoms with van der Waals surface area (Å²) in [5.41, 5.74) is 2.28. The Labute approximate surface area is 585 Å². The first-order valence-electron chi connectivity index (χ1n) is 34.8. The monoisotopic (exact) mass is 1370 g/mol. The minimum Gasteiger partial charge on any atom is -0.391 e. The minimum atomic E-state index is -1.67. The quantitative estimate of drug-likeness (QED) is 0.146. The first kappa shape index (κ1) is 80.9. The molecule has 0 radical (unpaired) electrons. The van der Waals surface area contributed by atoms with E-state index in [1.54, 1.807) is 79.4 Å². The summed E-state index contributed by atoms with van der Waals surface area (Å²) >= 11 is 0. The van der Waals surface area contributed by atoms with E-state index in [-0.39, 0.29) is 43.9 Å². The van der Waals surface area contributed by atoms with Crippen LogP contribution in [0, 0.1) is 17.8 Å². The van der Waals surface area contributed by atoms with Crippen molar-refractivity contribution in [3.05, 3.63) is 108 Å². The average Bonchev–Trinajstić information content (AvgIpc) is 0.827. The Morgan fingerprint density at radius 2 is 0.970 bits per heavy atom. The Morgan fingerprint density at radius 1 is 0.485 bits per heavy atom. The second-order valence-electron chi connectivity index (χ2n) is 28.1. The lowest BCUT2D eigenvalue weighted by Crippen LogP contribution is -2.62. The number of likely N-dealkylation sites (N-methyl/N-ethyl adjacent to an activating group) is 7. The topological polar surface area (TPSA) is 299 Å². The molecule has 3 aromatic carbocycles. The Balaban J connectivity index is 1.65. The van der Waals surface area contributed by atoms with Gasteiger partial charge in [-0.1, -0.05) is 133 Å². The van der Waals surface area contributed by atoms with Crippen molar-refractivity contribution in [3.8, 4) is 0 Å². The highest BCUT2D eigenvalue weighted by Crippen LogP contribution is 2.23. The van der Waals surface area contributed by atoms with Crippen molar-refractivity contribution < 1.29 is 62.6 Å². The number of carbonyl (C=O) groups excluding carboxylic acids is 12. The number of hydrogen-bond acceptors (Lipinski definition) is 13. The number of amides is 12. The van der Waals surface area contributed by atoms with E-state index in [1.807, 2.05) is 58.0 Å². The van der Waals surface area contributed by atoms with Gasteiger partial charge in [0.2, 0.25) is 70.9 Å². The van der Waals surface area contributed by atoms with Crippen molar-refractivity contribution in [2.75, 3.05) is 69.0 Å². The molecular formula is C74H110N12O13. The highest BCUT2D eigenvalue weighted by Gasteiger charge is 2.44. The Morgan fingerprint density at radius 3 is 1.49 bits per heavy atom. The Hall–Kier alpha value is -8.74. The summed E-state index contributed by atoms with van der Waals surface area (Å²) < 4.78 is 0. The molecule has 3 aromatic rings. The molecular weight excluding hydrogens is 1260 g/mol. The molecule has 2 fully saturated rings. The molecule has 0 aliphatic carbocycles. The second-order valence-corrected chi connectivity index (χ2v) is 28.1. The van der Waals surface area contributed by atoms with E-state index in [4.69, 9.17) is 0 Å². The number of benzene rings is 3. The molecule has 25 heteroatoms. The van der Waals surface area contributed by atoms with E-state index >= 15 is 19.2 Å². The van der Waals surface area contributed by atoms with Crippen molar-refractivity contribution in [1.82, 2.24) is 60.5 Å². The van der Waals surface area contributed by atoms with Gasteiger partial charge in [0.05, 0.1) is 19.1 Å². The van der Waals surface area contributed by atoms with Gasteiger partial charge in [0.15, 0.2) is 0 Å². The number of likely N-dealkylation sites (tertiary alicyclic amines) is 1. The first-order valence-corrected chi connectivity index (χ1v) is 34.8. The van der Waals surface area contributed by atoms with Crippen molar-refractivity contribution >= 4 is 70.9 Å². The smallest absolute Gasteiger partial charge is 0.248 e. The van der Waals surface area contributed by atoms with Crippen LogP contribution in [0.5, 0.6) is 0 Å². The summed E-state index contributed by atoms with van der Waals surface area (Å²) in [5, 5.41) is 22.3. The molecule has 99 heavy (non-hydrogen) atoms. The third-order valence-corrected chi connectivity index (χ3v) is 19.0. The van der Waals surface area contributed by atoms with Gasteiger partial charge >= 0.3 is 0 Å². The summed E-state index contributed by atoms with van der Waals surface area (Å²) in [5.74, 6) is -9.69. The molecule has 2 aliphatic heterocycles. The molecule has 12 amide bonds. The maximum atomic E-state index is 15.4. The molecule has 5 rings (SSSR count). The largest absolute Gasteiger partial charge is 0.391 e. The number of carbonyl (C=O) groups is 12. The van der Waals surface area contributed by atoms with Gasteiger partial charge in [-0.2, -0.15) is 0 Å². The molecule has 0 unspecified atom stereocenters. The van der Waals surface area contributed by atoms with Crippen LogP contribution in [0.3, 0.4) is 0 Å². The molecule has 544 valence electrons. The predicted octanol–water partition coefficient (Wildman–Crippen LogP) is 3.44. The maximum absolute atomic E-state index is 15.4. The number of nitrogens with one attached hydrogen (secondary N) is 4. The van der Waals surface area contributed by atoms with Crippen LogP contribution in [0.25, 0.3) is 0 Å². The number of aryl methyl sites for hydroxylation is 1. The minimum absolute atomic E-state index is 0.0377. The SMILES string of the molecule is CC(C)C[C@H]1C(=O)N[C@H](C(=O)N2CCCCC2)CC(=O)N(C)[C@@H](C)C(=O)N[C@@H](CCCc2ccccc2)C(=O)N(C)[C@@H](CC(C)C)C(=O)N(C)[C@@H](Cc2ccccc2)C(=O)N[C@@H](C)C(=O)N(C)[C@@H](Cc2ccccc2)C(=O)N(C)[C@@H](C(C)C)C(=O)N[C@@H]([C@@H](C)O)C(=O)N(C)CC(=O)N1C. The number of rotatable bonds is 15. The van der Waals surface area contributed by atoms with Gasteiger partial charge in [-0.15, -0.1) is 0 Å². The van der Waals surface area contributed by atoms with Gasteiger partial charge in [0.25, 0.3) is 0 Å². The number of piperidine rings is 1. The third-order valence-electron chi connectivity index (χ3n) is 19.0. The van der Waals surface area contributed by atoms with Crippen LogP contribution >= 0.6 is 0 Å². The van der Waals surface area contributed by atoms with Crippen LogP contribution in [0.15, 0.2) is 91.0 Å². The highest BCUT2D eigenvalue weighted by molar-refractivity contribution is 6.00. The molecule has 2 saturated heterocycles. The van der Waals surface area contributed by atoms with Gasteiger partial charge in [0, 0.05) is 75.3 Å². The zero-order valence-electron chi connectivity index (χ0n) is 61.1. The fourth-order valence-electron chi connectivity index (χ4n) is 12.8. The fraction of sp³-hybridized carbons (Fsp3) is 0.595. The molecule has 0 aromatic heterocycles. The number of nitrogens with zero attached hydrogens (tertiary/aromatic N) is 8. The van der Waals surface area contributed by atoms with E-state index in [9.17, 15) is 43.5 Å².